The Labute approximate surface area is 145 Å². The molecule has 6 nitrogen and oxygen atoms in total. The number of nitrogens with one attached hydrogen (secondary N) is 1. The molecule has 124 valence electrons. The Hall–Kier alpha value is -1.21. The molecule has 1 N–H and O–H groups in total. The Balaban J connectivity index is 1.77. The van der Waals surface area contributed by atoms with E-state index in [-0.39, 0.29) is 6.04 Å². The van der Waals surface area contributed by atoms with Crippen molar-refractivity contribution in [1.82, 2.24) is 25.1 Å². The van der Waals surface area contributed by atoms with Crippen LogP contribution in [0.4, 0.5) is 0 Å². The van der Waals surface area contributed by atoms with Gasteiger partial charge in [0.2, 0.25) is 0 Å². The van der Waals surface area contributed by atoms with E-state index in [9.17, 15) is 0 Å². The van der Waals surface area contributed by atoms with Crippen LogP contribution in [0.1, 0.15) is 42.6 Å². The summed E-state index contributed by atoms with van der Waals surface area (Å²) in [6, 6.07) is 1.90. The van der Waals surface area contributed by atoms with Crippen LogP contribution in [0.25, 0.3) is 0 Å². The molecule has 0 amide bonds. The van der Waals surface area contributed by atoms with Crippen molar-refractivity contribution >= 4 is 23.2 Å². The van der Waals surface area contributed by atoms with Gasteiger partial charge in [0, 0.05) is 19.9 Å². The standard InChI is InChI=1S/C15H19Cl2N5O/c1-23-9-14-19-15(21-20-14)13-4-2-3-5-22(13)8-12-11(17)6-10(16)7-18-12/h6-7,13H,2-5,8-9H2,1H3,(H,19,20,21)/t13-/m1/s1. The lowest BCUT2D eigenvalue weighted by Crippen LogP contribution is -2.34. The monoisotopic (exact) mass is 355 g/mol. The summed E-state index contributed by atoms with van der Waals surface area (Å²) in [6.45, 7) is 2.07. The fourth-order valence-corrected chi connectivity index (χ4v) is 3.32. The number of hydrogen-bond acceptors (Lipinski definition) is 5. The second-order valence-electron chi connectivity index (χ2n) is 5.64. The topological polar surface area (TPSA) is 66.9 Å². The van der Waals surface area contributed by atoms with Crippen molar-refractivity contribution < 1.29 is 4.74 Å². The highest BCUT2D eigenvalue weighted by Crippen LogP contribution is 2.31. The molecule has 1 atom stereocenters. The fourth-order valence-electron chi connectivity index (χ4n) is 2.88. The van der Waals surface area contributed by atoms with Crippen LogP contribution < -0.4 is 0 Å². The molecule has 0 unspecified atom stereocenters. The van der Waals surface area contributed by atoms with Crippen LogP contribution in [0.5, 0.6) is 0 Å². The zero-order valence-electron chi connectivity index (χ0n) is 12.9. The zero-order valence-corrected chi connectivity index (χ0v) is 14.4. The number of rotatable bonds is 5. The molecule has 0 spiro atoms. The number of halogens is 2. The van der Waals surface area contributed by atoms with Crippen LogP contribution in [0, 0.1) is 0 Å². The van der Waals surface area contributed by atoms with Crippen LogP contribution in [0.3, 0.4) is 0 Å². The van der Waals surface area contributed by atoms with Gasteiger partial charge in [-0.05, 0) is 25.5 Å². The fraction of sp³-hybridized carbons (Fsp3) is 0.533. The Morgan fingerprint density at radius 2 is 2.26 bits per heavy atom. The summed E-state index contributed by atoms with van der Waals surface area (Å²) < 4.78 is 5.09. The van der Waals surface area contributed by atoms with Crippen molar-refractivity contribution in [2.45, 2.75) is 38.5 Å². The maximum absolute atomic E-state index is 6.26. The molecule has 0 radical (unpaired) electrons. The van der Waals surface area contributed by atoms with E-state index in [1.165, 1.54) is 0 Å². The molecule has 2 aromatic heterocycles. The maximum Gasteiger partial charge on any atom is 0.167 e. The van der Waals surface area contributed by atoms with Gasteiger partial charge >= 0.3 is 0 Å². The largest absolute Gasteiger partial charge is 0.377 e. The van der Waals surface area contributed by atoms with Crippen LogP contribution in [0.2, 0.25) is 10.0 Å². The Kier molecular flexibility index (Phi) is 5.48. The van der Waals surface area contributed by atoms with Crippen molar-refractivity contribution in [3.8, 4) is 0 Å². The Morgan fingerprint density at radius 3 is 3.04 bits per heavy atom. The first-order valence-corrected chi connectivity index (χ1v) is 8.37. The number of piperidine rings is 1. The van der Waals surface area contributed by atoms with Gasteiger partial charge in [0.25, 0.3) is 0 Å². The van der Waals surface area contributed by atoms with Gasteiger partial charge in [-0.3, -0.25) is 15.0 Å². The maximum atomic E-state index is 6.26. The second kappa shape index (κ2) is 7.57. The van der Waals surface area contributed by atoms with Gasteiger partial charge in [-0.25, -0.2) is 4.98 Å². The van der Waals surface area contributed by atoms with Gasteiger partial charge < -0.3 is 4.74 Å². The van der Waals surface area contributed by atoms with Crippen LogP contribution in [-0.2, 0) is 17.9 Å². The van der Waals surface area contributed by atoms with Crippen LogP contribution in [0.15, 0.2) is 12.3 Å². The number of hydrogen-bond donors (Lipinski definition) is 1. The molecule has 3 heterocycles. The Morgan fingerprint density at radius 1 is 1.39 bits per heavy atom. The van der Waals surface area contributed by atoms with E-state index in [4.69, 9.17) is 27.9 Å². The van der Waals surface area contributed by atoms with Gasteiger partial charge in [-0.1, -0.05) is 29.6 Å². The molecule has 0 bridgehead atoms. The van der Waals surface area contributed by atoms with Gasteiger partial charge in [-0.15, -0.1) is 0 Å². The second-order valence-corrected chi connectivity index (χ2v) is 6.48. The lowest BCUT2D eigenvalue weighted by atomic mass is 10.0. The van der Waals surface area contributed by atoms with Crippen molar-refractivity contribution in [3.63, 3.8) is 0 Å². The molecule has 0 aromatic carbocycles. The summed E-state index contributed by atoms with van der Waals surface area (Å²) in [5.41, 5.74) is 0.829. The highest BCUT2D eigenvalue weighted by Gasteiger charge is 2.28. The zero-order chi connectivity index (χ0) is 16.2. The summed E-state index contributed by atoms with van der Waals surface area (Å²) in [5.74, 6) is 1.55. The number of methoxy groups -OCH3 is 1. The van der Waals surface area contributed by atoms with Crippen LogP contribution >= 0.6 is 23.2 Å². The van der Waals surface area contributed by atoms with Crippen molar-refractivity contribution in [2.24, 2.45) is 0 Å². The van der Waals surface area contributed by atoms with E-state index >= 15 is 0 Å². The van der Waals surface area contributed by atoms with Crippen molar-refractivity contribution in [2.75, 3.05) is 13.7 Å². The molecule has 3 rings (SSSR count). The predicted molar refractivity (Wildman–Crippen MR) is 88.4 cm³/mol. The lowest BCUT2D eigenvalue weighted by Gasteiger charge is -2.33. The molecule has 0 aliphatic carbocycles. The third-order valence-corrected chi connectivity index (χ3v) is 4.51. The highest BCUT2D eigenvalue weighted by molar-refractivity contribution is 6.34. The smallest absolute Gasteiger partial charge is 0.167 e. The average Bonchev–Trinajstić information content (AvgIpc) is 2.99. The summed E-state index contributed by atoms with van der Waals surface area (Å²) in [5, 5.41) is 8.43. The first kappa shape index (κ1) is 16.6. The molecule has 1 fully saturated rings. The normalized spacial score (nSPS) is 19.2. The minimum atomic E-state index is 0.166. The molecule has 0 saturated carbocycles. The van der Waals surface area contributed by atoms with E-state index < -0.39 is 0 Å². The van der Waals surface area contributed by atoms with Crippen molar-refractivity contribution in [3.05, 3.63) is 39.7 Å². The van der Waals surface area contributed by atoms with E-state index in [1.54, 1.807) is 19.4 Å². The number of nitrogens with zero attached hydrogens (tertiary/aromatic N) is 4. The minimum absolute atomic E-state index is 0.166. The van der Waals surface area contributed by atoms with E-state index in [2.05, 4.69) is 25.1 Å². The molecule has 1 aliphatic heterocycles. The minimum Gasteiger partial charge on any atom is -0.377 e. The Bertz CT molecular complexity index is 663. The van der Waals surface area contributed by atoms with Gasteiger partial charge in [-0.2, -0.15) is 5.10 Å². The number of likely N-dealkylation sites (tertiary alicyclic amines) is 1. The number of H-pyrrole nitrogens is 1. The molecule has 2 aromatic rings. The number of pyridine rings is 1. The molecule has 1 saturated heterocycles. The van der Waals surface area contributed by atoms with Crippen molar-refractivity contribution in [1.29, 1.82) is 0 Å². The number of ether oxygens (including phenoxy) is 1. The van der Waals surface area contributed by atoms with E-state index in [0.717, 1.165) is 43.1 Å². The summed E-state index contributed by atoms with van der Waals surface area (Å²) >= 11 is 12.2. The molecular formula is C15H19Cl2N5O. The number of aromatic amines is 1. The summed E-state index contributed by atoms with van der Waals surface area (Å²) in [7, 11) is 1.64. The third-order valence-electron chi connectivity index (χ3n) is 3.98. The third kappa shape index (κ3) is 4.01. The van der Waals surface area contributed by atoms with Gasteiger partial charge in [0.05, 0.1) is 21.8 Å². The first-order valence-electron chi connectivity index (χ1n) is 7.61. The quantitative estimate of drug-likeness (QED) is 0.890. The summed E-state index contributed by atoms with van der Waals surface area (Å²) in [4.78, 5) is 11.2. The first-order chi connectivity index (χ1) is 11.2. The van der Waals surface area contributed by atoms with Crippen LogP contribution in [-0.4, -0.2) is 38.7 Å². The van der Waals surface area contributed by atoms with Gasteiger partial charge in [0.15, 0.2) is 11.6 Å². The average molecular weight is 356 g/mol. The summed E-state index contributed by atoms with van der Waals surface area (Å²) in [6.07, 6.45) is 4.97. The highest BCUT2D eigenvalue weighted by atomic mass is 35.5. The SMILES string of the molecule is COCc1nc([C@H]2CCCCN2Cc2ncc(Cl)cc2Cl)n[nH]1. The molecule has 1 aliphatic rings. The molecular weight excluding hydrogens is 337 g/mol. The molecule has 8 heteroatoms. The van der Waals surface area contributed by atoms with Gasteiger partial charge in [0.1, 0.15) is 6.61 Å². The van der Waals surface area contributed by atoms with E-state index in [0.29, 0.717) is 23.2 Å². The van der Waals surface area contributed by atoms with E-state index in [1.807, 2.05) is 0 Å². The lowest BCUT2D eigenvalue weighted by molar-refractivity contribution is 0.132. The predicted octanol–water partition coefficient (Wildman–Crippen LogP) is 3.38. The molecule has 23 heavy (non-hydrogen) atoms. The number of aromatic nitrogens is 4.